The van der Waals surface area contributed by atoms with Gasteiger partial charge in [0, 0.05) is 19.0 Å². The Bertz CT molecular complexity index is 683. The summed E-state index contributed by atoms with van der Waals surface area (Å²) in [7, 11) is 0. The van der Waals surface area contributed by atoms with Crippen molar-refractivity contribution < 1.29 is 22.8 Å². The molecular formula is C18H21F3N2O2. The molecule has 1 aliphatic carbocycles. The average Bonchev–Trinajstić information content (AvgIpc) is 2.85. The zero-order chi connectivity index (χ0) is 18.2. The van der Waals surface area contributed by atoms with Gasteiger partial charge in [-0.2, -0.15) is 13.2 Å². The maximum atomic E-state index is 13.0. The van der Waals surface area contributed by atoms with E-state index in [1.807, 2.05) is 0 Å². The highest BCUT2D eigenvalue weighted by Crippen LogP contribution is 2.34. The number of amides is 2. The Kier molecular flexibility index (Phi) is 4.75. The fraction of sp³-hybridized carbons (Fsp3) is 0.556. The van der Waals surface area contributed by atoms with Crippen molar-refractivity contribution in [3.8, 4) is 0 Å². The fourth-order valence-corrected chi connectivity index (χ4v) is 3.56. The Morgan fingerprint density at radius 1 is 1.28 bits per heavy atom. The Morgan fingerprint density at radius 2 is 2.00 bits per heavy atom. The van der Waals surface area contributed by atoms with Gasteiger partial charge in [0.1, 0.15) is 6.04 Å². The van der Waals surface area contributed by atoms with Crippen molar-refractivity contribution in [2.24, 2.45) is 0 Å². The first-order valence-electron chi connectivity index (χ1n) is 8.53. The Balaban J connectivity index is 1.67. The molecule has 1 atom stereocenters. The van der Waals surface area contributed by atoms with Crippen molar-refractivity contribution in [3.63, 3.8) is 0 Å². The summed E-state index contributed by atoms with van der Waals surface area (Å²) in [5.41, 5.74) is -0.136. The van der Waals surface area contributed by atoms with Crippen LogP contribution in [0.15, 0.2) is 18.2 Å². The molecule has 1 heterocycles. The number of halogens is 3. The van der Waals surface area contributed by atoms with Crippen LogP contribution < -0.4 is 5.32 Å². The van der Waals surface area contributed by atoms with Gasteiger partial charge in [-0.25, -0.2) is 0 Å². The van der Waals surface area contributed by atoms with Crippen LogP contribution in [0.4, 0.5) is 13.2 Å². The minimum Gasteiger partial charge on any atom is -0.350 e. The minimum absolute atomic E-state index is 0.0000920. The van der Waals surface area contributed by atoms with Crippen molar-refractivity contribution in [3.05, 3.63) is 34.9 Å². The summed E-state index contributed by atoms with van der Waals surface area (Å²) >= 11 is 0. The highest BCUT2D eigenvalue weighted by molar-refractivity contribution is 5.91. The van der Waals surface area contributed by atoms with E-state index in [0.717, 1.165) is 25.3 Å². The molecular weight excluding hydrogens is 333 g/mol. The topological polar surface area (TPSA) is 49.4 Å². The molecule has 0 bridgehead atoms. The third-order valence-electron chi connectivity index (χ3n) is 5.23. The summed E-state index contributed by atoms with van der Waals surface area (Å²) in [5, 5.41) is 2.71. The fourth-order valence-electron chi connectivity index (χ4n) is 3.56. The van der Waals surface area contributed by atoms with Crippen molar-refractivity contribution in [1.29, 1.82) is 0 Å². The monoisotopic (exact) mass is 354 g/mol. The number of alkyl halides is 3. The van der Waals surface area contributed by atoms with Crippen LogP contribution in [0.1, 0.15) is 48.8 Å². The van der Waals surface area contributed by atoms with Gasteiger partial charge >= 0.3 is 6.18 Å². The summed E-state index contributed by atoms with van der Waals surface area (Å²) in [6.45, 7) is 1.43. The molecule has 1 saturated heterocycles. The van der Waals surface area contributed by atoms with Crippen LogP contribution in [0.25, 0.3) is 0 Å². The van der Waals surface area contributed by atoms with E-state index in [2.05, 4.69) is 5.32 Å². The second-order valence-electron chi connectivity index (χ2n) is 6.75. The highest BCUT2D eigenvalue weighted by atomic mass is 19.4. The van der Waals surface area contributed by atoms with Crippen molar-refractivity contribution >= 4 is 11.8 Å². The van der Waals surface area contributed by atoms with Crippen LogP contribution in [-0.2, 0) is 22.3 Å². The molecule has 0 unspecified atom stereocenters. The molecule has 2 aliphatic rings. The largest absolute Gasteiger partial charge is 0.416 e. The summed E-state index contributed by atoms with van der Waals surface area (Å²) in [6, 6.07) is 3.60. The third-order valence-corrected chi connectivity index (χ3v) is 5.23. The maximum Gasteiger partial charge on any atom is 0.416 e. The molecule has 1 aliphatic heterocycles. The molecule has 7 heteroatoms. The lowest BCUT2D eigenvalue weighted by molar-refractivity contribution is -0.139. The maximum absolute atomic E-state index is 13.0. The molecule has 0 spiro atoms. The second kappa shape index (κ2) is 6.69. The van der Waals surface area contributed by atoms with Crippen LogP contribution in [0, 0.1) is 6.92 Å². The Labute approximate surface area is 144 Å². The lowest BCUT2D eigenvalue weighted by Crippen LogP contribution is -2.51. The number of rotatable bonds is 4. The first-order chi connectivity index (χ1) is 11.8. The Hall–Kier alpha value is -2.05. The van der Waals surface area contributed by atoms with E-state index in [0.29, 0.717) is 18.4 Å². The van der Waals surface area contributed by atoms with Gasteiger partial charge in [-0.3, -0.25) is 9.59 Å². The number of nitrogens with one attached hydrogen (secondary N) is 1. The third kappa shape index (κ3) is 3.50. The first kappa shape index (κ1) is 17.8. The van der Waals surface area contributed by atoms with E-state index in [-0.39, 0.29) is 30.0 Å². The number of benzene rings is 1. The first-order valence-corrected chi connectivity index (χ1v) is 8.53. The molecule has 0 aromatic heterocycles. The highest BCUT2D eigenvalue weighted by Gasteiger charge is 2.42. The van der Waals surface area contributed by atoms with Crippen LogP contribution in [0.3, 0.4) is 0 Å². The molecule has 1 aromatic carbocycles. The van der Waals surface area contributed by atoms with Gasteiger partial charge in [0.15, 0.2) is 0 Å². The minimum atomic E-state index is -4.41. The number of nitrogens with zero attached hydrogens (tertiary/aromatic N) is 1. The SMILES string of the molecule is Cc1c(CNC(=O)[C@@H]2CCC(=O)N2C2CCC2)cccc1C(F)(F)F. The standard InChI is InChI=1S/C18H21F3N2O2/c1-11-12(4-2-7-14(11)18(19,20)21)10-22-17(25)15-8-9-16(24)23(15)13-5-3-6-13/h2,4,7,13,15H,3,5-6,8-10H2,1H3,(H,22,25)/t15-/m0/s1. The normalized spacial score (nSPS) is 21.4. The van der Waals surface area contributed by atoms with E-state index < -0.39 is 17.8 Å². The number of hydrogen-bond acceptors (Lipinski definition) is 2. The quantitative estimate of drug-likeness (QED) is 0.903. The molecule has 25 heavy (non-hydrogen) atoms. The lowest BCUT2D eigenvalue weighted by Gasteiger charge is -2.38. The number of hydrogen-bond donors (Lipinski definition) is 1. The zero-order valence-electron chi connectivity index (χ0n) is 14.0. The molecule has 1 aromatic rings. The molecule has 1 N–H and O–H groups in total. The molecule has 2 amide bonds. The summed E-state index contributed by atoms with van der Waals surface area (Å²) < 4.78 is 38.9. The zero-order valence-corrected chi connectivity index (χ0v) is 14.0. The molecule has 3 rings (SSSR count). The van der Waals surface area contributed by atoms with Crippen molar-refractivity contribution in [1.82, 2.24) is 10.2 Å². The van der Waals surface area contributed by atoms with E-state index >= 15 is 0 Å². The van der Waals surface area contributed by atoms with E-state index in [4.69, 9.17) is 0 Å². The van der Waals surface area contributed by atoms with Gasteiger partial charge in [0.05, 0.1) is 5.56 Å². The number of likely N-dealkylation sites (tertiary alicyclic amines) is 1. The molecule has 2 fully saturated rings. The predicted octanol–water partition coefficient (Wildman–Crippen LogP) is 3.17. The second-order valence-corrected chi connectivity index (χ2v) is 6.75. The van der Waals surface area contributed by atoms with Crippen LogP contribution in [0.2, 0.25) is 0 Å². The predicted molar refractivity (Wildman–Crippen MR) is 85.5 cm³/mol. The van der Waals surface area contributed by atoms with Gasteiger partial charge in [-0.15, -0.1) is 0 Å². The number of carbonyl (C=O) groups is 2. The lowest BCUT2D eigenvalue weighted by atomic mass is 9.91. The van der Waals surface area contributed by atoms with Crippen LogP contribution in [-0.4, -0.2) is 28.8 Å². The van der Waals surface area contributed by atoms with Gasteiger partial charge < -0.3 is 10.2 Å². The van der Waals surface area contributed by atoms with Gasteiger partial charge in [0.2, 0.25) is 11.8 Å². The Morgan fingerprint density at radius 3 is 2.60 bits per heavy atom. The van der Waals surface area contributed by atoms with Crippen molar-refractivity contribution in [2.75, 3.05) is 0 Å². The molecule has 136 valence electrons. The molecule has 0 radical (unpaired) electrons. The van der Waals surface area contributed by atoms with Gasteiger partial charge in [0.25, 0.3) is 0 Å². The molecule has 1 saturated carbocycles. The van der Waals surface area contributed by atoms with E-state index in [9.17, 15) is 22.8 Å². The van der Waals surface area contributed by atoms with E-state index in [1.165, 1.54) is 13.0 Å². The van der Waals surface area contributed by atoms with Gasteiger partial charge in [-0.1, -0.05) is 12.1 Å². The molecule has 4 nitrogen and oxygen atoms in total. The average molecular weight is 354 g/mol. The smallest absolute Gasteiger partial charge is 0.350 e. The number of carbonyl (C=O) groups excluding carboxylic acids is 2. The van der Waals surface area contributed by atoms with Crippen molar-refractivity contribution in [2.45, 2.75) is 63.8 Å². The summed E-state index contributed by atoms with van der Waals surface area (Å²) in [5.74, 6) is -0.283. The summed E-state index contributed by atoms with van der Waals surface area (Å²) in [4.78, 5) is 26.2. The van der Waals surface area contributed by atoms with Gasteiger partial charge in [-0.05, 0) is 49.8 Å². The van der Waals surface area contributed by atoms with Crippen LogP contribution in [0.5, 0.6) is 0 Å². The summed E-state index contributed by atoms with van der Waals surface area (Å²) in [6.07, 6.45) is -0.681. The van der Waals surface area contributed by atoms with Crippen LogP contribution >= 0.6 is 0 Å². The van der Waals surface area contributed by atoms with E-state index in [1.54, 1.807) is 11.0 Å².